The van der Waals surface area contributed by atoms with Gasteiger partial charge >= 0.3 is 0 Å². The highest BCUT2D eigenvalue weighted by atomic mass is 32.2. The molecule has 0 aliphatic carbocycles. The average molecular weight is 215 g/mol. The van der Waals surface area contributed by atoms with Crippen LogP contribution in [0.15, 0.2) is 53.4 Å². The lowest BCUT2D eigenvalue weighted by atomic mass is 10.2. The quantitative estimate of drug-likeness (QED) is 0.791. The SMILES string of the molecule is Oc1c[c]cc(SCc2ccccc2)c1. The van der Waals surface area contributed by atoms with Crippen molar-refractivity contribution in [2.45, 2.75) is 10.6 Å². The van der Waals surface area contributed by atoms with Crippen LogP contribution in [0.5, 0.6) is 5.75 Å². The number of benzene rings is 2. The molecule has 0 amide bonds. The average Bonchev–Trinajstić information content (AvgIpc) is 2.28. The first-order valence-corrected chi connectivity index (χ1v) is 5.70. The van der Waals surface area contributed by atoms with Gasteiger partial charge in [0.1, 0.15) is 5.75 Å². The zero-order valence-corrected chi connectivity index (χ0v) is 9.00. The Morgan fingerprint density at radius 3 is 2.67 bits per heavy atom. The third kappa shape index (κ3) is 3.03. The molecule has 0 aliphatic rings. The monoisotopic (exact) mass is 215 g/mol. The summed E-state index contributed by atoms with van der Waals surface area (Å²) in [4.78, 5) is 1.04. The number of hydrogen-bond acceptors (Lipinski definition) is 2. The molecule has 0 bridgehead atoms. The van der Waals surface area contributed by atoms with E-state index in [0.29, 0.717) is 0 Å². The molecule has 1 radical (unpaired) electrons. The molecule has 0 fully saturated rings. The van der Waals surface area contributed by atoms with Crippen LogP contribution in [0.4, 0.5) is 0 Å². The number of thioether (sulfide) groups is 1. The van der Waals surface area contributed by atoms with Crippen LogP contribution in [-0.2, 0) is 5.75 Å². The first-order valence-electron chi connectivity index (χ1n) is 4.71. The summed E-state index contributed by atoms with van der Waals surface area (Å²) in [5.41, 5.74) is 1.28. The summed E-state index contributed by atoms with van der Waals surface area (Å²) in [7, 11) is 0. The number of phenolic OH excluding ortho intramolecular Hbond substituents is 1. The number of phenols is 1. The summed E-state index contributed by atoms with van der Waals surface area (Å²) in [6.07, 6.45) is 0. The van der Waals surface area contributed by atoms with E-state index in [1.165, 1.54) is 5.56 Å². The molecule has 2 heteroatoms. The van der Waals surface area contributed by atoms with Crippen molar-refractivity contribution in [2.75, 3.05) is 0 Å². The first kappa shape index (κ1) is 10.1. The van der Waals surface area contributed by atoms with Crippen LogP contribution in [0.2, 0.25) is 0 Å². The molecule has 0 aliphatic heterocycles. The molecule has 2 aromatic rings. The molecular weight excluding hydrogens is 204 g/mol. The lowest BCUT2D eigenvalue weighted by molar-refractivity contribution is 0.473. The van der Waals surface area contributed by atoms with E-state index in [-0.39, 0.29) is 5.75 Å². The van der Waals surface area contributed by atoms with Gasteiger partial charge in [0.05, 0.1) is 0 Å². The van der Waals surface area contributed by atoms with Gasteiger partial charge in [-0.3, -0.25) is 0 Å². The number of hydrogen-bond donors (Lipinski definition) is 1. The standard InChI is InChI=1S/C13H11OS/c14-12-7-4-8-13(9-12)15-10-11-5-2-1-3-6-11/h1-3,5-9,14H,10H2. The van der Waals surface area contributed by atoms with Crippen molar-refractivity contribution in [1.82, 2.24) is 0 Å². The maximum atomic E-state index is 9.27. The molecule has 0 saturated heterocycles. The minimum absolute atomic E-state index is 0.271. The van der Waals surface area contributed by atoms with Crippen molar-refractivity contribution in [1.29, 1.82) is 0 Å². The van der Waals surface area contributed by atoms with Gasteiger partial charge < -0.3 is 5.11 Å². The second-order valence-electron chi connectivity index (χ2n) is 3.20. The Balaban J connectivity index is 1.99. The zero-order valence-electron chi connectivity index (χ0n) is 8.18. The highest BCUT2D eigenvalue weighted by Crippen LogP contribution is 2.25. The van der Waals surface area contributed by atoms with Gasteiger partial charge in [-0.25, -0.2) is 0 Å². The summed E-state index contributed by atoms with van der Waals surface area (Å²) >= 11 is 1.70. The fourth-order valence-corrected chi connectivity index (χ4v) is 2.14. The summed E-state index contributed by atoms with van der Waals surface area (Å²) in [6.45, 7) is 0. The van der Waals surface area contributed by atoms with Crippen molar-refractivity contribution in [3.05, 3.63) is 60.2 Å². The molecule has 0 aromatic heterocycles. The molecular formula is C13H11OS. The third-order valence-corrected chi connectivity index (χ3v) is 3.04. The second-order valence-corrected chi connectivity index (χ2v) is 4.25. The van der Waals surface area contributed by atoms with Crippen LogP contribution in [0.3, 0.4) is 0 Å². The highest BCUT2D eigenvalue weighted by Gasteiger charge is 1.96. The third-order valence-electron chi connectivity index (χ3n) is 2.00. The van der Waals surface area contributed by atoms with Gasteiger partial charge in [0, 0.05) is 10.6 Å². The van der Waals surface area contributed by atoms with Gasteiger partial charge in [0.25, 0.3) is 0 Å². The summed E-state index contributed by atoms with van der Waals surface area (Å²) < 4.78 is 0. The van der Waals surface area contributed by atoms with Gasteiger partial charge in [0.15, 0.2) is 0 Å². The molecule has 0 spiro atoms. The summed E-state index contributed by atoms with van der Waals surface area (Å²) in [6, 6.07) is 18.4. The van der Waals surface area contributed by atoms with E-state index < -0.39 is 0 Å². The van der Waals surface area contributed by atoms with Gasteiger partial charge in [-0.2, -0.15) is 0 Å². The Bertz CT molecular complexity index is 426. The van der Waals surface area contributed by atoms with Gasteiger partial charge in [-0.1, -0.05) is 30.3 Å². The Morgan fingerprint density at radius 1 is 1.13 bits per heavy atom. The molecule has 2 rings (SSSR count). The van der Waals surface area contributed by atoms with E-state index >= 15 is 0 Å². The minimum atomic E-state index is 0.271. The molecule has 1 N–H and O–H groups in total. The topological polar surface area (TPSA) is 20.2 Å². The normalized spacial score (nSPS) is 10.1. The van der Waals surface area contributed by atoms with Gasteiger partial charge in [0.2, 0.25) is 0 Å². The molecule has 0 heterocycles. The molecule has 1 nitrogen and oxygen atoms in total. The van der Waals surface area contributed by atoms with E-state index in [4.69, 9.17) is 0 Å². The second kappa shape index (κ2) is 4.89. The first-order chi connectivity index (χ1) is 7.34. The fourth-order valence-electron chi connectivity index (χ4n) is 1.26. The van der Waals surface area contributed by atoms with Crippen LogP contribution < -0.4 is 0 Å². The zero-order chi connectivity index (χ0) is 10.5. The highest BCUT2D eigenvalue weighted by molar-refractivity contribution is 7.98. The predicted molar refractivity (Wildman–Crippen MR) is 62.9 cm³/mol. The minimum Gasteiger partial charge on any atom is -0.508 e. The number of rotatable bonds is 3. The lowest BCUT2D eigenvalue weighted by Crippen LogP contribution is -1.79. The van der Waals surface area contributed by atoms with Crippen LogP contribution in [0.1, 0.15) is 5.56 Å². The van der Waals surface area contributed by atoms with Crippen molar-refractivity contribution in [2.24, 2.45) is 0 Å². The van der Waals surface area contributed by atoms with Crippen LogP contribution in [-0.4, -0.2) is 5.11 Å². The molecule has 75 valence electrons. The van der Waals surface area contributed by atoms with Crippen molar-refractivity contribution in [3.8, 4) is 5.75 Å². The van der Waals surface area contributed by atoms with Crippen LogP contribution in [0.25, 0.3) is 0 Å². The number of aromatic hydroxyl groups is 1. The van der Waals surface area contributed by atoms with Crippen molar-refractivity contribution >= 4 is 11.8 Å². The Morgan fingerprint density at radius 2 is 1.93 bits per heavy atom. The molecule has 15 heavy (non-hydrogen) atoms. The largest absolute Gasteiger partial charge is 0.508 e. The van der Waals surface area contributed by atoms with E-state index in [1.54, 1.807) is 23.9 Å². The van der Waals surface area contributed by atoms with Crippen molar-refractivity contribution in [3.63, 3.8) is 0 Å². The Hall–Kier alpha value is -1.41. The molecule has 0 saturated carbocycles. The fraction of sp³-hybridized carbons (Fsp3) is 0.0769. The van der Waals surface area contributed by atoms with E-state index in [1.807, 2.05) is 24.3 Å². The van der Waals surface area contributed by atoms with Crippen LogP contribution >= 0.6 is 11.8 Å². The Labute approximate surface area is 93.8 Å². The Kier molecular flexibility index (Phi) is 3.30. The van der Waals surface area contributed by atoms with E-state index in [0.717, 1.165) is 10.6 Å². The van der Waals surface area contributed by atoms with E-state index in [2.05, 4.69) is 18.2 Å². The maximum absolute atomic E-state index is 9.27. The van der Waals surface area contributed by atoms with Gasteiger partial charge in [-0.15, -0.1) is 11.8 Å². The molecule has 0 atom stereocenters. The van der Waals surface area contributed by atoms with Crippen LogP contribution in [0, 0.1) is 6.07 Å². The lowest BCUT2D eigenvalue weighted by Gasteiger charge is -2.01. The van der Waals surface area contributed by atoms with Gasteiger partial charge in [-0.05, 0) is 29.8 Å². The smallest absolute Gasteiger partial charge is 0.117 e. The maximum Gasteiger partial charge on any atom is 0.117 e. The predicted octanol–water partition coefficient (Wildman–Crippen LogP) is 3.48. The molecule has 0 unspecified atom stereocenters. The molecule has 2 aromatic carbocycles. The van der Waals surface area contributed by atoms with E-state index in [9.17, 15) is 5.11 Å². The van der Waals surface area contributed by atoms with Crippen molar-refractivity contribution < 1.29 is 5.11 Å². The summed E-state index contributed by atoms with van der Waals surface area (Å²) in [5, 5.41) is 9.27. The summed E-state index contributed by atoms with van der Waals surface area (Å²) in [5.74, 6) is 1.19.